The van der Waals surface area contributed by atoms with Crippen molar-refractivity contribution in [2.45, 2.75) is 46.5 Å². The fourth-order valence-electron chi connectivity index (χ4n) is 2.85. The summed E-state index contributed by atoms with van der Waals surface area (Å²) in [6.07, 6.45) is 1.22. The quantitative estimate of drug-likeness (QED) is 0.745. The van der Waals surface area contributed by atoms with Crippen LogP contribution in [0.25, 0.3) is 5.65 Å². The lowest BCUT2D eigenvalue weighted by Crippen LogP contribution is -2.28. The van der Waals surface area contributed by atoms with E-state index >= 15 is 0 Å². The minimum absolute atomic E-state index is 0.0584. The molecule has 0 fully saturated rings. The van der Waals surface area contributed by atoms with Gasteiger partial charge in [-0.2, -0.15) is 0 Å². The first kappa shape index (κ1) is 18.3. The maximum Gasteiger partial charge on any atom is 0.266 e. The lowest BCUT2D eigenvalue weighted by molar-refractivity contribution is -0.117. The van der Waals surface area contributed by atoms with Crippen molar-refractivity contribution in [1.29, 1.82) is 0 Å². The molecule has 1 N–H and O–H groups in total. The second-order valence-corrected chi connectivity index (χ2v) is 7.41. The zero-order valence-electron chi connectivity index (χ0n) is 15.7. The second kappa shape index (κ2) is 7.03. The van der Waals surface area contributed by atoms with E-state index in [1.54, 1.807) is 16.5 Å². The van der Waals surface area contributed by atoms with E-state index in [0.717, 1.165) is 29.1 Å². The van der Waals surface area contributed by atoms with Crippen LogP contribution in [-0.4, -0.2) is 32.5 Å². The Morgan fingerprint density at radius 1 is 1.38 bits per heavy atom. The molecule has 0 bridgehead atoms. The summed E-state index contributed by atoms with van der Waals surface area (Å²) in [6.45, 7) is 7.99. The van der Waals surface area contributed by atoms with E-state index in [1.807, 2.05) is 19.2 Å². The summed E-state index contributed by atoms with van der Waals surface area (Å²) in [5.41, 5.74) is 3.76. The summed E-state index contributed by atoms with van der Waals surface area (Å²) in [5, 5.41) is 5.43. The number of nitrogens with one attached hydrogen (secondary N) is 1. The van der Waals surface area contributed by atoms with Crippen molar-refractivity contribution in [3.63, 3.8) is 0 Å². The van der Waals surface area contributed by atoms with Gasteiger partial charge in [-0.25, -0.2) is 14.5 Å². The van der Waals surface area contributed by atoms with E-state index in [9.17, 15) is 9.59 Å². The SMILES string of the molecule is CCC(C)c1csc(N(C)C(=O)Cc2c(C)nc3cc(=O)[nH]n3c2C)n1. The molecule has 7 nitrogen and oxygen atoms in total. The number of likely N-dealkylation sites (N-methyl/N-ethyl adjacent to an activating group) is 1. The molecule has 0 saturated heterocycles. The third-order valence-corrected chi connectivity index (χ3v) is 5.75. The molecule has 3 aromatic heterocycles. The predicted molar refractivity (Wildman–Crippen MR) is 103 cm³/mol. The van der Waals surface area contributed by atoms with Crippen LogP contribution in [0.15, 0.2) is 16.2 Å². The summed E-state index contributed by atoms with van der Waals surface area (Å²) in [6, 6.07) is 1.45. The molecular formula is C18H23N5O2S. The molecule has 0 aromatic carbocycles. The molecule has 8 heteroatoms. The van der Waals surface area contributed by atoms with Crippen molar-refractivity contribution in [1.82, 2.24) is 19.6 Å². The Morgan fingerprint density at radius 3 is 2.81 bits per heavy atom. The van der Waals surface area contributed by atoms with Crippen LogP contribution in [0.1, 0.15) is 48.8 Å². The van der Waals surface area contributed by atoms with Crippen LogP contribution in [0.5, 0.6) is 0 Å². The molecule has 3 rings (SSSR count). The molecule has 0 aliphatic carbocycles. The first-order chi connectivity index (χ1) is 12.3. The van der Waals surface area contributed by atoms with Gasteiger partial charge in [-0.15, -0.1) is 11.3 Å². The van der Waals surface area contributed by atoms with Gasteiger partial charge in [0, 0.05) is 35.4 Å². The lowest BCUT2D eigenvalue weighted by atomic mass is 10.1. The van der Waals surface area contributed by atoms with Crippen LogP contribution in [0.4, 0.5) is 5.13 Å². The predicted octanol–water partition coefficient (Wildman–Crippen LogP) is 2.81. The van der Waals surface area contributed by atoms with Crippen molar-refractivity contribution in [3.8, 4) is 0 Å². The van der Waals surface area contributed by atoms with Crippen molar-refractivity contribution >= 4 is 28.0 Å². The van der Waals surface area contributed by atoms with E-state index < -0.39 is 0 Å². The molecule has 1 amide bonds. The van der Waals surface area contributed by atoms with Gasteiger partial charge in [0.25, 0.3) is 5.56 Å². The minimum Gasteiger partial charge on any atom is -0.291 e. The topological polar surface area (TPSA) is 83.4 Å². The van der Waals surface area contributed by atoms with E-state index in [2.05, 4.69) is 28.9 Å². The van der Waals surface area contributed by atoms with Gasteiger partial charge in [-0.3, -0.25) is 19.6 Å². The van der Waals surface area contributed by atoms with Gasteiger partial charge in [0.05, 0.1) is 12.1 Å². The number of anilines is 1. The monoisotopic (exact) mass is 373 g/mol. The number of fused-ring (bicyclic) bond motifs is 1. The standard InChI is InChI=1S/C18H23N5O2S/c1-6-10(2)14-9-26-18(20-14)22(5)17(25)7-13-11(3)19-15-8-16(24)21-23(15)12(13)4/h8-10H,6-7H2,1-5H3,(H,21,24). The maximum absolute atomic E-state index is 12.8. The fourth-order valence-corrected chi connectivity index (χ4v) is 3.78. The van der Waals surface area contributed by atoms with Gasteiger partial charge in [0.1, 0.15) is 0 Å². The Bertz CT molecular complexity index is 1020. The number of rotatable bonds is 5. The number of amides is 1. The average Bonchev–Trinajstić information content (AvgIpc) is 3.23. The number of H-pyrrole nitrogens is 1. The van der Waals surface area contributed by atoms with E-state index in [-0.39, 0.29) is 17.9 Å². The molecule has 0 radical (unpaired) electrons. The zero-order chi connectivity index (χ0) is 19.0. The second-order valence-electron chi connectivity index (χ2n) is 6.57. The van der Waals surface area contributed by atoms with Gasteiger partial charge in [0.2, 0.25) is 5.91 Å². The molecule has 1 atom stereocenters. The van der Waals surface area contributed by atoms with Crippen LogP contribution < -0.4 is 10.5 Å². The van der Waals surface area contributed by atoms with Crippen LogP contribution >= 0.6 is 11.3 Å². The molecule has 0 saturated carbocycles. The average molecular weight is 373 g/mol. The smallest absolute Gasteiger partial charge is 0.266 e. The Kier molecular flexibility index (Phi) is 4.95. The number of aromatic amines is 1. The largest absolute Gasteiger partial charge is 0.291 e. The van der Waals surface area contributed by atoms with Gasteiger partial charge >= 0.3 is 0 Å². The van der Waals surface area contributed by atoms with Crippen molar-refractivity contribution in [2.24, 2.45) is 0 Å². The van der Waals surface area contributed by atoms with Gasteiger partial charge in [-0.05, 0) is 26.2 Å². The number of aromatic nitrogens is 4. The Morgan fingerprint density at radius 2 is 2.12 bits per heavy atom. The summed E-state index contributed by atoms with van der Waals surface area (Å²) in [5.74, 6) is 0.321. The normalized spacial score (nSPS) is 12.5. The highest BCUT2D eigenvalue weighted by molar-refractivity contribution is 7.14. The third kappa shape index (κ3) is 3.29. The number of hydrogen-bond acceptors (Lipinski definition) is 5. The summed E-state index contributed by atoms with van der Waals surface area (Å²) >= 11 is 1.48. The molecule has 0 spiro atoms. The van der Waals surface area contributed by atoms with Crippen molar-refractivity contribution < 1.29 is 4.79 Å². The lowest BCUT2D eigenvalue weighted by Gasteiger charge is -2.16. The van der Waals surface area contributed by atoms with E-state index in [0.29, 0.717) is 16.7 Å². The first-order valence-corrected chi connectivity index (χ1v) is 9.49. The van der Waals surface area contributed by atoms with Crippen LogP contribution in [0, 0.1) is 13.8 Å². The number of carbonyl (C=O) groups is 1. The minimum atomic E-state index is -0.207. The first-order valence-electron chi connectivity index (χ1n) is 8.61. The number of carbonyl (C=O) groups excluding carboxylic acids is 1. The maximum atomic E-state index is 12.8. The molecule has 0 aliphatic heterocycles. The summed E-state index contributed by atoms with van der Waals surface area (Å²) < 4.78 is 1.63. The van der Waals surface area contributed by atoms with Crippen LogP contribution in [0.2, 0.25) is 0 Å². The van der Waals surface area contributed by atoms with Gasteiger partial charge in [0.15, 0.2) is 10.8 Å². The molecule has 3 aromatic rings. The molecular weight excluding hydrogens is 350 g/mol. The Balaban J connectivity index is 1.86. The molecule has 0 aliphatic rings. The van der Waals surface area contributed by atoms with E-state index in [4.69, 9.17) is 0 Å². The molecule has 3 heterocycles. The number of hydrogen-bond donors (Lipinski definition) is 1. The molecule has 138 valence electrons. The van der Waals surface area contributed by atoms with E-state index in [1.165, 1.54) is 17.4 Å². The van der Waals surface area contributed by atoms with Crippen molar-refractivity contribution in [3.05, 3.63) is 44.4 Å². The van der Waals surface area contributed by atoms with Crippen LogP contribution in [-0.2, 0) is 11.2 Å². The summed E-state index contributed by atoms with van der Waals surface area (Å²) in [7, 11) is 1.75. The highest BCUT2D eigenvalue weighted by Gasteiger charge is 2.20. The highest BCUT2D eigenvalue weighted by Crippen LogP contribution is 2.26. The summed E-state index contributed by atoms with van der Waals surface area (Å²) in [4.78, 5) is 35.0. The Hall–Kier alpha value is -2.48. The highest BCUT2D eigenvalue weighted by atomic mass is 32.1. The number of thiazole rings is 1. The fraction of sp³-hybridized carbons (Fsp3) is 0.444. The van der Waals surface area contributed by atoms with Gasteiger partial charge in [-0.1, -0.05) is 13.8 Å². The van der Waals surface area contributed by atoms with Crippen molar-refractivity contribution in [2.75, 3.05) is 11.9 Å². The zero-order valence-corrected chi connectivity index (χ0v) is 16.5. The Labute approximate surface area is 155 Å². The third-order valence-electron chi connectivity index (χ3n) is 4.82. The van der Waals surface area contributed by atoms with Crippen LogP contribution in [0.3, 0.4) is 0 Å². The number of aryl methyl sites for hydroxylation is 2. The molecule has 26 heavy (non-hydrogen) atoms. The number of nitrogens with zero attached hydrogens (tertiary/aromatic N) is 4. The van der Waals surface area contributed by atoms with Gasteiger partial charge < -0.3 is 0 Å². The molecule has 1 unspecified atom stereocenters.